The van der Waals surface area contributed by atoms with Gasteiger partial charge in [-0.15, -0.1) is 6.58 Å². The van der Waals surface area contributed by atoms with Crippen molar-refractivity contribution in [2.75, 3.05) is 26.3 Å². The van der Waals surface area contributed by atoms with Crippen molar-refractivity contribution in [3.8, 4) is 0 Å². The smallest absolute Gasteiger partial charge is 0.0784 e. The molecule has 0 fully saturated rings. The van der Waals surface area contributed by atoms with Gasteiger partial charge in [-0.3, -0.25) is 0 Å². The first-order chi connectivity index (χ1) is 6.70. The van der Waals surface area contributed by atoms with Crippen LogP contribution in [0.2, 0.25) is 0 Å². The highest BCUT2D eigenvalue weighted by Gasteiger charge is 2.07. The van der Waals surface area contributed by atoms with E-state index in [1.807, 2.05) is 19.9 Å². The normalized spacial score (nSPS) is 15.1. The van der Waals surface area contributed by atoms with Crippen molar-refractivity contribution in [2.45, 2.75) is 33.0 Å². The Morgan fingerprint density at radius 2 is 2.07 bits per heavy atom. The number of hydrogen-bond donors (Lipinski definition) is 1. The molecule has 0 saturated heterocycles. The van der Waals surface area contributed by atoms with Crippen LogP contribution in [0.5, 0.6) is 0 Å². The van der Waals surface area contributed by atoms with Crippen molar-refractivity contribution in [3.63, 3.8) is 0 Å². The second kappa shape index (κ2) is 9.19. The largest absolute Gasteiger partial charge is 0.379 e. The Hall–Kier alpha value is -0.380. The maximum absolute atomic E-state index is 5.68. The SMILES string of the molecule is C=CCNCC(C)OC(C)COCC. The van der Waals surface area contributed by atoms with Crippen molar-refractivity contribution in [1.29, 1.82) is 0 Å². The zero-order valence-electron chi connectivity index (χ0n) is 9.58. The van der Waals surface area contributed by atoms with Crippen LogP contribution in [-0.2, 0) is 9.47 Å². The van der Waals surface area contributed by atoms with Crippen LogP contribution in [0, 0.1) is 0 Å². The molecule has 0 saturated carbocycles. The molecule has 1 N–H and O–H groups in total. The Morgan fingerprint density at radius 1 is 1.36 bits per heavy atom. The van der Waals surface area contributed by atoms with Gasteiger partial charge in [-0.2, -0.15) is 0 Å². The summed E-state index contributed by atoms with van der Waals surface area (Å²) in [5.74, 6) is 0. The van der Waals surface area contributed by atoms with Crippen LogP contribution >= 0.6 is 0 Å². The van der Waals surface area contributed by atoms with Gasteiger partial charge in [0.25, 0.3) is 0 Å². The number of nitrogens with one attached hydrogen (secondary N) is 1. The molecule has 2 unspecified atom stereocenters. The molecule has 0 radical (unpaired) electrons. The summed E-state index contributed by atoms with van der Waals surface area (Å²) in [5, 5.41) is 3.21. The van der Waals surface area contributed by atoms with E-state index < -0.39 is 0 Å². The molecule has 0 aliphatic heterocycles. The second-order valence-electron chi connectivity index (χ2n) is 3.36. The predicted octanol–water partition coefficient (Wildman–Crippen LogP) is 1.59. The average molecular weight is 201 g/mol. The first kappa shape index (κ1) is 13.6. The molecule has 0 rings (SSSR count). The number of ether oxygens (including phenoxy) is 2. The van der Waals surface area contributed by atoms with E-state index in [2.05, 4.69) is 18.8 Å². The molecule has 0 aliphatic rings. The molecule has 0 aromatic rings. The van der Waals surface area contributed by atoms with Gasteiger partial charge in [0.1, 0.15) is 0 Å². The Kier molecular flexibility index (Phi) is 8.94. The van der Waals surface area contributed by atoms with Crippen LogP contribution in [0.3, 0.4) is 0 Å². The van der Waals surface area contributed by atoms with Crippen molar-refractivity contribution in [2.24, 2.45) is 0 Å². The van der Waals surface area contributed by atoms with Gasteiger partial charge in [-0.1, -0.05) is 6.08 Å². The summed E-state index contributed by atoms with van der Waals surface area (Å²) in [7, 11) is 0. The molecule has 14 heavy (non-hydrogen) atoms. The molecule has 3 nitrogen and oxygen atoms in total. The Labute approximate surface area is 87.5 Å². The predicted molar refractivity (Wildman–Crippen MR) is 59.6 cm³/mol. The fourth-order valence-electron chi connectivity index (χ4n) is 1.16. The second-order valence-corrected chi connectivity index (χ2v) is 3.36. The third kappa shape index (κ3) is 8.23. The quantitative estimate of drug-likeness (QED) is 0.454. The summed E-state index contributed by atoms with van der Waals surface area (Å²) in [6.45, 7) is 12.8. The number of rotatable bonds is 9. The lowest BCUT2D eigenvalue weighted by molar-refractivity contribution is -0.0380. The summed E-state index contributed by atoms with van der Waals surface area (Å²) in [5.41, 5.74) is 0. The molecular formula is C11H23NO2. The van der Waals surface area contributed by atoms with Crippen molar-refractivity contribution in [1.82, 2.24) is 5.32 Å². The summed E-state index contributed by atoms with van der Waals surface area (Å²) >= 11 is 0. The monoisotopic (exact) mass is 201 g/mol. The molecule has 3 heteroatoms. The van der Waals surface area contributed by atoms with Crippen LogP contribution in [0.25, 0.3) is 0 Å². The van der Waals surface area contributed by atoms with Crippen LogP contribution in [-0.4, -0.2) is 38.5 Å². The molecule has 0 aliphatic carbocycles. The summed E-state index contributed by atoms with van der Waals surface area (Å²) in [6.07, 6.45) is 2.22. The molecule has 0 heterocycles. The lowest BCUT2D eigenvalue weighted by Crippen LogP contribution is -2.31. The molecule has 0 spiro atoms. The van der Waals surface area contributed by atoms with E-state index in [1.54, 1.807) is 0 Å². The van der Waals surface area contributed by atoms with E-state index in [0.29, 0.717) is 6.61 Å². The third-order valence-electron chi connectivity index (χ3n) is 1.74. The Balaban J connectivity index is 3.39. The molecule has 0 aromatic carbocycles. The zero-order valence-corrected chi connectivity index (χ0v) is 9.58. The van der Waals surface area contributed by atoms with Crippen molar-refractivity contribution in [3.05, 3.63) is 12.7 Å². The van der Waals surface area contributed by atoms with E-state index >= 15 is 0 Å². The lowest BCUT2D eigenvalue weighted by atomic mass is 10.3. The van der Waals surface area contributed by atoms with Crippen LogP contribution in [0.4, 0.5) is 0 Å². The summed E-state index contributed by atoms with van der Waals surface area (Å²) in [6, 6.07) is 0. The molecular weight excluding hydrogens is 178 g/mol. The first-order valence-electron chi connectivity index (χ1n) is 5.25. The van der Waals surface area contributed by atoms with Gasteiger partial charge in [-0.25, -0.2) is 0 Å². The fraction of sp³-hybridized carbons (Fsp3) is 0.818. The third-order valence-corrected chi connectivity index (χ3v) is 1.74. The standard InChI is InChI=1S/C11H23NO2/c1-5-7-12-8-10(3)14-11(4)9-13-6-2/h5,10-12H,1,6-9H2,2-4H3. The van der Waals surface area contributed by atoms with E-state index in [0.717, 1.165) is 19.7 Å². The van der Waals surface area contributed by atoms with E-state index in [9.17, 15) is 0 Å². The van der Waals surface area contributed by atoms with Gasteiger partial charge >= 0.3 is 0 Å². The highest BCUT2D eigenvalue weighted by atomic mass is 16.5. The molecule has 0 aromatic heterocycles. The summed E-state index contributed by atoms with van der Waals surface area (Å²) < 4.78 is 10.9. The van der Waals surface area contributed by atoms with Crippen LogP contribution in [0.1, 0.15) is 20.8 Å². The van der Waals surface area contributed by atoms with Crippen LogP contribution in [0.15, 0.2) is 12.7 Å². The number of hydrogen-bond acceptors (Lipinski definition) is 3. The van der Waals surface area contributed by atoms with E-state index in [-0.39, 0.29) is 12.2 Å². The van der Waals surface area contributed by atoms with Gasteiger partial charge in [0.2, 0.25) is 0 Å². The van der Waals surface area contributed by atoms with Gasteiger partial charge in [-0.05, 0) is 20.8 Å². The fourth-order valence-corrected chi connectivity index (χ4v) is 1.16. The topological polar surface area (TPSA) is 30.5 Å². The summed E-state index contributed by atoms with van der Waals surface area (Å²) in [4.78, 5) is 0. The van der Waals surface area contributed by atoms with E-state index in [4.69, 9.17) is 9.47 Å². The van der Waals surface area contributed by atoms with Crippen LogP contribution < -0.4 is 5.32 Å². The van der Waals surface area contributed by atoms with Gasteiger partial charge < -0.3 is 14.8 Å². The van der Waals surface area contributed by atoms with Crippen molar-refractivity contribution >= 4 is 0 Å². The molecule has 84 valence electrons. The highest BCUT2D eigenvalue weighted by Crippen LogP contribution is 1.97. The lowest BCUT2D eigenvalue weighted by Gasteiger charge is -2.19. The van der Waals surface area contributed by atoms with Gasteiger partial charge in [0.05, 0.1) is 18.8 Å². The van der Waals surface area contributed by atoms with Gasteiger partial charge in [0.15, 0.2) is 0 Å². The highest BCUT2D eigenvalue weighted by molar-refractivity contribution is 4.70. The zero-order chi connectivity index (χ0) is 10.8. The maximum atomic E-state index is 5.68. The molecule has 0 bridgehead atoms. The Bertz CT molecular complexity index is 139. The maximum Gasteiger partial charge on any atom is 0.0784 e. The molecule has 0 amide bonds. The van der Waals surface area contributed by atoms with Gasteiger partial charge in [0, 0.05) is 19.7 Å². The first-order valence-corrected chi connectivity index (χ1v) is 5.25. The van der Waals surface area contributed by atoms with E-state index in [1.165, 1.54) is 0 Å². The average Bonchev–Trinajstić information content (AvgIpc) is 2.15. The minimum atomic E-state index is 0.162. The molecule has 2 atom stereocenters. The minimum absolute atomic E-state index is 0.162. The minimum Gasteiger partial charge on any atom is -0.379 e. The Morgan fingerprint density at radius 3 is 2.64 bits per heavy atom. The van der Waals surface area contributed by atoms with Crippen molar-refractivity contribution < 1.29 is 9.47 Å².